The highest BCUT2D eigenvalue weighted by Crippen LogP contribution is 2.49. The molecule has 2 unspecified atom stereocenters. The van der Waals surface area contributed by atoms with Gasteiger partial charge in [0.15, 0.2) is 0 Å². The number of rotatable bonds is 2. The molecule has 20 heavy (non-hydrogen) atoms. The molecule has 2 heterocycles. The number of halogens is 1. The zero-order chi connectivity index (χ0) is 14.3. The van der Waals surface area contributed by atoms with Crippen LogP contribution in [0.3, 0.4) is 0 Å². The first kappa shape index (κ1) is 13.9. The Morgan fingerprint density at radius 1 is 1.50 bits per heavy atom. The number of aryl methyl sites for hydroxylation is 1. The van der Waals surface area contributed by atoms with Crippen molar-refractivity contribution in [1.82, 2.24) is 9.66 Å². The van der Waals surface area contributed by atoms with Crippen LogP contribution >= 0.6 is 23.4 Å². The van der Waals surface area contributed by atoms with Gasteiger partial charge in [0.25, 0.3) is 11.5 Å². The fourth-order valence-corrected chi connectivity index (χ4v) is 4.64. The molecular formula is C13H16ClN3O2S. The third-order valence-corrected chi connectivity index (χ3v) is 5.59. The van der Waals surface area contributed by atoms with Crippen LogP contribution in [-0.2, 0) is 4.79 Å². The molecule has 1 N–H and O–H groups in total. The molecule has 0 radical (unpaired) electrons. The predicted octanol–water partition coefficient (Wildman–Crippen LogP) is 1.99. The van der Waals surface area contributed by atoms with Crippen LogP contribution < -0.4 is 11.0 Å². The molecule has 0 bridgehead atoms. The summed E-state index contributed by atoms with van der Waals surface area (Å²) in [6, 6.07) is 0. The van der Waals surface area contributed by atoms with Crippen molar-refractivity contribution < 1.29 is 4.79 Å². The maximum Gasteiger partial charge on any atom is 0.277 e. The number of fused-ring (bicyclic) bond motifs is 3. The number of hydrogen-bond acceptors (Lipinski definition) is 4. The quantitative estimate of drug-likeness (QED) is 0.670. The van der Waals surface area contributed by atoms with Gasteiger partial charge in [-0.25, -0.2) is 9.66 Å². The number of alkyl halides is 1. The Hall–Kier alpha value is -1.01. The Bertz CT molecular complexity index is 616. The van der Waals surface area contributed by atoms with Crippen LogP contribution in [0.4, 0.5) is 0 Å². The maximum atomic E-state index is 12.6. The maximum absolute atomic E-state index is 12.6. The van der Waals surface area contributed by atoms with E-state index in [-0.39, 0.29) is 17.4 Å². The summed E-state index contributed by atoms with van der Waals surface area (Å²) in [7, 11) is 0. The molecule has 7 heteroatoms. The van der Waals surface area contributed by atoms with Gasteiger partial charge in [-0.1, -0.05) is 12.8 Å². The second-order valence-electron chi connectivity index (χ2n) is 5.23. The number of thioether (sulfide) groups is 1. The number of carbonyl (C=O) groups excluding carboxylic acids is 1. The Balaban J connectivity index is 2.04. The highest BCUT2D eigenvalue weighted by atomic mass is 35.5. The predicted molar refractivity (Wildman–Crippen MR) is 79.2 cm³/mol. The molecular weight excluding hydrogens is 298 g/mol. The lowest BCUT2D eigenvalue weighted by Gasteiger charge is -2.23. The van der Waals surface area contributed by atoms with Crippen LogP contribution in [0.25, 0.3) is 0 Å². The molecule has 2 atom stereocenters. The monoisotopic (exact) mass is 313 g/mol. The minimum Gasteiger partial charge on any atom is -0.272 e. The van der Waals surface area contributed by atoms with Crippen molar-refractivity contribution in [3.05, 3.63) is 21.7 Å². The first-order valence-corrected chi connectivity index (χ1v) is 8.19. The molecule has 1 saturated carbocycles. The zero-order valence-electron chi connectivity index (χ0n) is 11.2. The van der Waals surface area contributed by atoms with Gasteiger partial charge in [0.2, 0.25) is 0 Å². The molecule has 3 rings (SSSR count). The molecule has 5 nitrogen and oxygen atoms in total. The van der Waals surface area contributed by atoms with Gasteiger partial charge in [0, 0.05) is 11.2 Å². The first-order chi connectivity index (χ1) is 9.61. The molecule has 1 aliphatic carbocycles. The van der Waals surface area contributed by atoms with Crippen LogP contribution in [0.2, 0.25) is 0 Å². The number of carbonyl (C=O) groups is 1. The van der Waals surface area contributed by atoms with Crippen LogP contribution in [-0.4, -0.2) is 26.7 Å². The van der Waals surface area contributed by atoms with E-state index in [1.165, 1.54) is 11.1 Å². The third-order valence-electron chi connectivity index (χ3n) is 3.95. The topological polar surface area (TPSA) is 64.0 Å². The molecule has 1 fully saturated rings. The van der Waals surface area contributed by atoms with Crippen molar-refractivity contribution >= 4 is 29.3 Å². The molecule has 1 aromatic heterocycles. The second kappa shape index (κ2) is 5.41. The highest BCUT2D eigenvalue weighted by molar-refractivity contribution is 8.00. The first-order valence-electron chi connectivity index (χ1n) is 6.78. The van der Waals surface area contributed by atoms with Crippen LogP contribution in [0, 0.1) is 6.92 Å². The van der Waals surface area contributed by atoms with Crippen molar-refractivity contribution in [2.45, 2.75) is 48.8 Å². The van der Waals surface area contributed by atoms with Gasteiger partial charge in [0.1, 0.15) is 16.7 Å². The van der Waals surface area contributed by atoms with Crippen molar-refractivity contribution in [3.63, 3.8) is 0 Å². The fraction of sp³-hybridized carbons (Fsp3) is 0.615. The van der Waals surface area contributed by atoms with E-state index in [1.54, 1.807) is 18.7 Å². The van der Waals surface area contributed by atoms with E-state index >= 15 is 0 Å². The minimum atomic E-state index is -0.399. The van der Waals surface area contributed by atoms with Crippen molar-refractivity contribution in [1.29, 1.82) is 0 Å². The van der Waals surface area contributed by atoms with Gasteiger partial charge in [-0.3, -0.25) is 15.0 Å². The smallest absolute Gasteiger partial charge is 0.272 e. The van der Waals surface area contributed by atoms with Crippen molar-refractivity contribution in [2.75, 3.05) is 11.3 Å². The van der Waals surface area contributed by atoms with Gasteiger partial charge in [-0.05, 0) is 19.8 Å². The summed E-state index contributed by atoms with van der Waals surface area (Å²) in [5, 5.41) is 1.32. The lowest BCUT2D eigenvalue weighted by atomic mass is 9.85. The highest BCUT2D eigenvalue weighted by Gasteiger charge is 2.39. The van der Waals surface area contributed by atoms with Gasteiger partial charge >= 0.3 is 0 Å². The Kier molecular flexibility index (Phi) is 3.77. The van der Waals surface area contributed by atoms with Gasteiger partial charge < -0.3 is 0 Å². The zero-order valence-corrected chi connectivity index (χ0v) is 12.8. The van der Waals surface area contributed by atoms with Crippen molar-refractivity contribution in [2.24, 2.45) is 0 Å². The number of nitrogens with zero attached hydrogens (tertiary/aromatic N) is 2. The molecule has 1 aliphatic heterocycles. The molecule has 2 aliphatic rings. The Morgan fingerprint density at radius 2 is 2.25 bits per heavy atom. The van der Waals surface area contributed by atoms with E-state index in [9.17, 15) is 9.59 Å². The summed E-state index contributed by atoms with van der Waals surface area (Å²) in [4.78, 5) is 28.6. The van der Waals surface area contributed by atoms with E-state index in [4.69, 9.17) is 11.6 Å². The van der Waals surface area contributed by atoms with Crippen molar-refractivity contribution in [3.8, 4) is 0 Å². The third kappa shape index (κ3) is 2.24. The standard InChI is InChI=1S/C13H16ClN3O2S/c1-7-15-12-11(8-4-2-3-5-9(8)20-12)13(19)17(7)16-10(18)6-14/h8-9H,2-6H2,1H3,(H,16,18). The minimum absolute atomic E-state index is 0.145. The van der Waals surface area contributed by atoms with E-state index in [2.05, 4.69) is 10.4 Å². The summed E-state index contributed by atoms with van der Waals surface area (Å²) < 4.78 is 1.24. The average Bonchev–Trinajstić information content (AvgIpc) is 2.81. The lowest BCUT2D eigenvalue weighted by molar-refractivity contribution is -0.114. The van der Waals surface area contributed by atoms with Crippen LogP contribution in [0.1, 0.15) is 43.0 Å². The summed E-state index contributed by atoms with van der Waals surface area (Å²) in [6.45, 7) is 1.72. The van der Waals surface area contributed by atoms with E-state index in [0.29, 0.717) is 11.1 Å². The summed E-state index contributed by atoms with van der Waals surface area (Å²) in [6.07, 6.45) is 4.55. The average molecular weight is 314 g/mol. The van der Waals surface area contributed by atoms with Gasteiger partial charge in [-0.15, -0.1) is 23.4 Å². The number of aromatic nitrogens is 2. The summed E-state index contributed by atoms with van der Waals surface area (Å²) in [5.74, 6) is 0.204. The molecule has 0 aromatic carbocycles. The second-order valence-corrected chi connectivity index (χ2v) is 6.73. The number of hydrogen-bond donors (Lipinski definition) is 1. The normalized spacial score (nSPS) is 24.1. The summed E-state index contributed by atoms with van der Waals surface area (Å²) >= 11 is 7.20. The van der Waals surface area contributed by atoms with Crippen LogP contribution in [0.5, 0.6) is 0 Å². The van der Waals surface area contributed by atoms with E-state index in [1.807, 2.05) is 0 Å². The molecule has 0 spiro atoms. The molecule has 1 aromatic rings. The van der Waals surface area contributed by atoms with E-state index in [0.717, 1.165) is 29.9 Å². The number of nitrogens with one attached hydrogen (secondary N) is 1. The SMILES string of the molecule is Cc1nc2c(c(=O)n1NC(=O)CCl)C1CCCCC1S2. The summed E-state index contributed by atoms with van der Waals surface area (Å²) in [5.41, 5.74) is 3.15. The Morgan fingerprint density at radius 3 is 3.00 bits per heavy atom. The Labute approximate surface area is 126 Å². The van der Waals surface area contributed by atoms with E-state index < -0.39 is 5.91 Å². The molecule has 0 saturated heterocycles. The van der Waals surface area contributed by atoms with Gasteiger partial charge in [-0.2, -0.15) is 0 Å². The lowest BCUT2D eigenvalue weighted by Crippen LogP contribution is -2.38. The number of amides is 1. The molecule has 1 amide bonds. The van der Waals surface area contributed by atoms with Crippen LogP contribution in [0.15, 0.2) is 9.82 Å². The molecule has 108 valence electrons. The van der Waals surface area contributed by atoms with Gasteiger partial charge in [0.05, 0.1) is 5.56 Å². The fourth-order valence-electron chi connectivity index (χ4n) is 3.02. The largest absolute Gasteiger partial charge is 0.277 e.